The van der Waals surface area contributed by atoms with Gasteiger partial charge in [-0.1, -0.05) is 60.7 Å². The zero-order chi connectivity index (χ0) is 22.5. The minimum atomic E-state index is -0.440. The van der Waals surface area contributed by atoms with Crippen LogP contribution in [0.25, 0.3) is 10.9 Å². The number of carbonyl (C=O) groups is 2. The number of H-pyrrole nitrogens is 1. The van der Waals surface area contributed by atoms with Crippen LogP contribution in [0.3, 0.4) is 0 Å². The third-order valence-electron chi connectivity index (χ3n) is 5.62. The molecule has 5 nitrogen and oxygen atoms in total. The van der Waals surface area contributed by atoms with Gasteiger partial charge in [0.05, 0.1) is 6.04 Å². The van der Waals surface area contributed by atoms with Crippen LogP contribution in [0.1, 0.15) is 37.9 Å². The van der Waals surface area contributed by atoms with Crippen LogP contribution in [0.4, 0.5) is 0 Å². The normalized spacial score (nSPS) is 11.9. The highest BCUT2D eigenvalue weighted by Crippen LogP contribution is 2.24. The standard InChI is InChI=1S/C27H27N3O2/c1-30(2)27(32)21-14-12-19(13-15-21)16-17-28-25(20-8-4-3-5-9-20)26(31)23-18-29-24-11-7-6-10-22(23)24/h3-15,18,25,28-29H,16-17H2,1-2H3. The van der Waals surface area contributed by atoms with E-state index >= 15 is 0 Å². The fourth-order valence-corrected chi connectivity index (χ4v) is 3.87. The van der Waals surface area contributed by atoms with Gasteiger partial charge >= 0.3 is 0 Å². The number of hydrogen-bond acceptors (Lipinski definition) is 3. The molecule has 0 aliphatic rings. The number of rotatable bonds is 8. The molecular weight excluding hydrogens is 398 g/mol. The molecule has 0 saturated carbocycles. The van der Waals surface area contributed by atoms with E-state index in [1.807, 2.05) is 78.9 Å². The predicted molar refractivity (Wildman–Crippen MR) is 128 cm³/mol. The van der Waals surface area contributed by atoms with Gasteiger partial charge in [0.25, 0.3) is 5.91 Å². The van der Waals surface area contributed by atoms with Crippen molar-refractivity contribution in [2.45, 2.75) is 12.5 Å². The lowest BCUT2D eigenvalue weighted by molar-refractivity contribution is 0.0827. The molecule has 0 bridgehead atoms. The first-order chi connectivity index (χ1) is 15.5. The molecule has 162 valence electrons. The highest BCUT2D eigenvalue weighted by molar-refractivity contribution is 6.10. The first kappa shape index (κ1) is 21.5. The fraction of sp³-hybridized carbons (Fsp3) is 0.185. The van der Waals surface area contributed by atoms with Crippen LogP contribution in [-0.2, 0) is 6.42 Å². The number of nitrogens with one attached hydrogen (secondary N) is 2. The number of hydrogen-bond donors (Lipinski definition) is 2. The molecule has 1 amide bonds. The van der Waals surface area contributed by atoms with Gasteiger partial charge in [0.15, 0.2) is 5.78 Å². The molecule has 2 N–H and O–H groups in total. The van der Waals surface area contributed by atoms with E-state index in [1.165, 1.54) is 0 Å². The Hall–Kier alpha value is -3.70. The Kier molecular flexibility index (Phi) is 6.47. The van der Waals surface area contributed by atoms with E-state index in [2.05, 4.69) is 10.3 Å². The molecule has 0 radical (unpaired) electrons. The van der Waals surface area contributed by atoms with Crippen molar-refractivity contribution in [3.63, 3.8) is 0 Å². The number of fused-ring (bicyclic) bond motifs is 1. The number of nitrogens with zero attached hydrogens (tertiary/aromatic N) is 1. The topological polar surface area (TPSA) is 65.2 Å². The molecular formula is C27H27N3O2. The van der Waals surface area contributed by atoms with Crippen LogP contribution in [0.2, 0.25) is 0 Å². The smallest absolute Gasteiger partial charge is 0.253 e. The molecule has 0 aliphatic heterocycles. The van der Waals surface area contributed by atoms with E-state index in [-0.39, 0.29) is 11.7 Å². The molecule has 3 aromatic carbocycles. The highest BCUT2D eigenvalue weighted by atomic mass is 16.2. The first-order valence-electron chi connectivity index (χ1n) is 10.7. The average molecular weight is 426 g/mol. The lowest BCUT2D eigenvalue weighted by Gasteiger charge is -2.18. The lowest BCUT2D eigenvalue weighted by atomic mass is 9.96. The number of ketones is 1. The summed E-state index contributed by atoms with van der Waals surface area (Å²) >= 11 is 0. The van der Waals surface area contributed by atoms with Gasteiger partial charge < -0.3 is 15.2 Å². The molecule has 1 heterocycles. The SMILES string of the molecule is CN(C)C(=O)c1ccc(CCNC(C(=O)c2c[nH]c3ccccc23)c2ccccc2)cc1. The zero-order valence-corrected chi connectivity index (χ0v) is 18.3. The van der Waals surface area contributed by atoms with Crippen LogP contribution < -0.4 is 5.32 Å². The zero-order valence-electron chi connectivity index (χ0n) is 18.3. The van der Waals surface area contributed by atoms with Gasteiger partial charge in [-0.3, -0.25) is 9.59 Å². The third kappa shape index (κ3) is 4.63. The molecule has 0 saturated heterocycles. The maximum atomic E-state index is 13.5. The molecule has 1 aromatic heterocycles. The molecule has 1 unspecified atom stereocenters. The molecule has 0 fully saturated rings. The van der Waals surface area contributed by atoms with E-state index in [4.69, 9.17) is 0 Å². The Bertz CT molecular complexity index is 1210. The second-order valence-electron chi connectivity index (χ2n) is 8.06. The van der Waals surface area contributed by atoms with Crippen molar-refractivity contribution in [1.29, 1.82) is 0 Å². The summed E-state index contributed by atoms with van der Waals surface area (Å²) in [7, 11) is 3.49. The first-order valence-corrected chi connectivity index (χ1v) is 10.7. The van der Waals surface area contributed by atoms with Crippen molar-refractivity contribution in [2.24, 2.45) is 0 Å². The number of aromatic amines is 1. The minimum Gasteiger partial charge on any atom is -0.360 e. The maximum Gasteiger partial charge on any atom is 0.253 e. The molecule has 0 spiro atoms. The second-order valence-corrected chi connectivity index (χ2v) is 8.06. The summed E-state index contributed by atoms with van der Waals surface area (Å²) in [6.45, 7) is 0.634. The molecule has 0 aliphatic carbocycles. The number of benzene rings is 3. The van der Waals surface area contributed by atoms with Crippen LogP contribution in [0.15, 0.2) is 85.1 Å². The minimum absolute atomic E-state index is 0.0110. The van der Waals surface area contributed by atoms with Gasteiger partial charge in [-0.2, -0.15) is 0 Å². The van der Waals surface area contributed by atoms with Gasteiger partial charge in [-0.25, -0.2) is 0 Å². The summed E-state index contributed by atoms with van der Waals surface area (Å²) in [5.41, 5.74) is 4.36. The monoisotopic (exact) mass is 425 g/mol. The Labute approximate surface area is 188 Å². The Morgan fingerprint density at radius 1 is 0.906 bits per heavy atom. The summed E-state index contributed by atoms with van der Waals surface area (Å²) < 4.78 is 0. The number of Topliss-reactive ketones (excluding diaryl/α,β-unsaturated/α-hetero) is 1. The third-order valence-corrected chi connectivity index (χ3v) is 5.62. The summed E-state index contributed by atoms with van der Waals surface area (Å²) in [5.74, 6) is 0.0312. The molecule has 5 heteroatoms. The van der Waals surface area contributed by atoms with Gasteiger partial charge in [-0.05, 0) is 35.7 Å². The number of carbonyl (C=O) groups excluding carboxylic acids is 2. The largest absolute Gasteiger partial charge is 0.360 e. The Morgan fingerprint density at radius 2 is 1.59 bits per heavy atom. The highest BCUT2D eigenvalue weighted by Gasteiger charge is 2.23. The predicted octanol–water partition coefficient (Wildman–Crippen LogP) is 4.63. The van der Waals surface area contributed by atoms with Crippen molar-refractivity contribution in [3.05, 3.63) is 107 Å². The van der Waals surface area contributed by atoms with Crippen molar-refractivity contribution in [1.82, 2.24) is 15.2 Å². The summed E-state index contributed by atoms with van der Waals surface area (Å²) in [5, 5.41) is 4.39. The van der Waals surface area contributed by atoms with Crippen molar-refractivity contribution in [2.75, 3.05) is 20.6 Å². The van der Waals surface area contributed by atoms with E-state index < -0.39 is 6.04 Å². The van der Waals surface area contributed by atoms with E-state index in [9.17, 15) is 9.59 Å². The second kappa shape index (κ2) is 9.62. The van der Waals surface area contributed by atoms with Gasteiger partial charge in [0, 0.05) is 48.9 Å². The molecule has 4 aromatic rings. The quantitative estimate of drug-likeness (QED) is 0.405. The lowest BCUT2D eigenvalue weighted by Crippen LogP contribution is -2.30. The molecule has 1 atom stereocenters. The van der Waals surface area contributed by atoms with Crippen molar-refractivity contribution >= 4 is 22.6 Å². The van der Waals surface area contributed by atoms with Crippen LogP contribution in [-0.4, -0.2) is 42.2 Å². The number of amides is 1. The Balaban J connectivity index is 1.50. The molecule has 32 heavy (non-hydrogen) atoms. The van der Waals surface area contributed by atoms with Crippen LogP contribution in [0, 0.1) is 0 Å². The van der Waals surface area contributed by atoms with Crippen molar-refractivity contribution in [3.8, 4) is 0 Å². The van der Waals surface area contributed by atoms with E-state index in [1.54, 1.807) is 25.2 Å². The van der Waals surface area contributed by atoms with E-state index in [0.717, 1.165) is 28.5 Å². The van der Waals surface area contributed by atoms with Gasteiger partial charge in [0.2, 0.25) is 0 Å². The van der Waals surface area contributed by atoms with E-state index in [0.29, 0.717) is 17.7 Å². The summed E-state index contributed by atoms with van der Waals surface area (Å²) in [4.78, 5) is 30.4. The summed E-state index contributed by atoms with van der Waals surface area (Å²) in [6.07, 6.45) is 2.55. The fourth-order valence-electron chi connectivity index (χ4n) is 3.87. The van der Waals surface area contributed by atoms with Crippen LogP contribution in [0.5, 0.6) is 0 Å². The number of aromatic nitrogens is 1. The molecule has 4 rings (SSSR count). The van der Waals surface area contributed by atoms with Crippen LogP contribution >= 0.6 is 0 Å². The summed E-state index contributed by atoms with van der Waals surface area (Å²) in [6, 6.07) is 24.9. The van der Waals surface area contributed by atoms with Gasteiger partial charge in [0.1, 0.15) is 0 Å². The Morgan fingerprint density at radius 3 is 2.31 bits per heavy atom. The van der Waals surface area contributed by atoms with Crippen molar-refractivity contribution < 1.29 is 9.59 Å². The number of para-hydroxylation sites is 1. The maximum absolute atomic E-state index is 13.5. The average Bonchev–Trinajstić information content (AvgIpc) is 3.26. The van der Waals surface area contributed by atoms with Gasteiger partial charge in [-0.15, -0.1) is 0 Å².